The molecule has 0 aliphatic carbocycles. The Morgan fingerprint density at radius 1 is 1.28 bits per heavy atom. The van der Waals surface area contributed by atoms with Crippen LogP contribution in [0.4, 0.5) is 0 Å². The highest BCUT2D eigenvalue weighted by atomic mass is 16.8. The summed E-state index contributed by atoms with van der Waals surface area (Å²) in [5.41, 5.74) is 0. The van der Waals surface area contributed by atoms with Gasteiger partial charge in [0.1, 0.15) is 0 Å². The van der Waals surface area contributed by atoms with E-state index >= 15 is 0 Å². The van der Waals surface area contributed by atoms with Crippen LogP contribution in [0, 0.1) is 0 Å². The van der Waals surface area contributed by atoms with Gasteiger partial charge in [-0.2, -0.15) is 0 Å². The van der Waals surface area contributed by atoms with Gasteiger partial charge in [-0.15, -0.1) is 0 Å². The number of carbonyl (C=O) groups is 2. The molecule has 0 N–H and O–H groups in total. The van der Waals surface area contributed by atoms with E-state index in [-0.39, 0.29) is 13.6 Å². The summed E-state index contributed by atoms with van der Waals surface area (Å²) in [4.78, 5) is 25.9. The molecular formula is C10H14N2O6. The number of ether oxygens (including phenoxy) is 4. The molecule has 2 aliphatic heterocycles. The highest BCUT2D eigenvalue weighted by Gasteiger charge is 2.37. The van der Waals surface area contributed by atoms with Crippen LogP contribution in [0.25, 0.3) is 0 Å². The lowest BCUT2D eigenvalue weighted by molar-refractivity contribution is -0.292. The molecule has 0 radical (unpaired) electrons. The summed E-state index contributed by atoms with van der Waals surface area (Å²) in [5, 5.41) is 0. The summed E-state index contributed by atoms with van der Waals surface area (Å²) in [6.45, 7) is 1.25. The average molecular weight is 258 g/mol. The molecular weight excluding hydrogens is 244 g/mol. The minimum Gasteiger partial charge on any atom is -0.422 e. The van der Waals surface area contributed by atoms with Crippen molar-refractivity contribution in [2.45, 2.75) is 19.6 Å². The molecule has 0 bridgehead atoms. The molecule has 8 heteroatoms. The second kappa shape index (κ2) is 5.34. The minimum atomic E-state index is -1.05. The quantitative estimate of drug-likeness (QED) is 0.611. The number of rotatable bonds is 2. The number of carbonyl (C=O) groups excluding carboxylic acids is 2. The molecule has 1 unspecified atom stereocenters. The number of esters is 1. The zero-order chi connectivity index (χ0) is 13.1. The summed E-state index contributed by atoms with van der Waals surface area (Å²) in [7, 11) is 1.68. The smallest absolute Gasteiger partial charge is 0.305 e. The topological polar surface area (TPSA) is 77.5 Å². The molecule has 18 heavy (non-hydrogen) atoms. The Morgan fingerprint density at radius 2 is 1.94 bits per heavy atom. The molecule has 0 spiro atoms. The van der Waals surface area contributed by atoms with Crippen LogP contribution in [-0.4, -0.2) is 55.0 Å². The lowest BCUT2D eigenvalue weighted by Gasteiger charge is -2.31. The van der Waals surface area contributed by atoms with Crippen LogP contribution in [0.3, 0.4) is 0 Å². The van der Waals surface area contributed by atoms with Gasteiger partial charge in [-0.1, -0.05) is 0 Å². The van der Waals surface area contributed by atoms with Crippen LogP contribution in [0.15, 0.2) is 12.4 Å². The fourth-order valence-corrected chi connectivity index (χ4v) is 1.56. The van der Waals surface area contributed by atoms with Gasteiger partial charge in [-0.3, -0.25) is 14.5 Å². The summed E-state index contributed by atoms with van der Waals surface area (Å²) < 4.78 is 19.9. The molecule has 2 heterocycles. The van der Waals surface area contributed by atoms with Crippen LogP contribution >= 0.6 is 0 Å². The van der Waals surface area contributed by atoms with Gasteiger partial charge in [0.2, 0.25) is 6.29 Å². The van der Waals surface area contributed by atoms with Crippen molar-refractivity contribution < 1.29 is 28.5 Å². The Morgan fingerprint density at radius 3 is 2.56 bits per heavy atom. The van der Waals surface area contributed by atoms with E-state index in [4.69, 9.17) is 18.9 Å². The lowest BCUT2D eigenvalue weighted by Crippen LogP contribution is -2.49. The minimum absolute atomic E-state index is 0.0119. The molecule has 2 rings (SSSR count). The third-order valence-corrected chi connectivity index (χ3v) is 2.38. The van der Waals surface area contributed by atoms with E-state index in [9.17, 15) is 9.59 Å². The first-order valence-electron chi connectivity index (χ1n) is 5.30. The van der Waals surface area contributed by atoms with Gasteiger partial charge in [0.15, 0.2) is 13.6 Å². The molecule has 1 amide bonds. The van der Waals surface area contributed by atoms with Gasteiger partial charge in [-0.05, 0) is 0 Å². The monoisotopic (exact) mass is 258 g/mol. The Kier molecular flexibility index (Phi) is 3.80. The third-order valence-electron chi connectivity index (χ3n) is 2.38. The average Bonchev–Trinajstić information content (AvgIpc) is 2.71. The van der Waals surface area contributed by atoms with Gasteiger partial charge in [-0.25, -0.2) is 0 Å². The molecule has 1 saturated heterocycles. The predicted octanol–water partition coefficient (Wildman–Crippen LogP) is -0.617. The first-order chi connectivity index (χ1) is 8.59. The fourth-order valence-electron chi connectivity index (χ4n) is 1.56. The van der Waals surface area contributed by atoms with Crippen LogP contribution in [0.1, 0.15) is 6.92 Å². The normalized spacial score (nSPS) is 24.4. The maximum atomic E-state index is 12.1. The molecule has 0 aromatic heterocycles. The molecule has 0 aromatic carbocycles. The van der Waals surface area contributed by atoms with Crippen LogP contribution in [0.5, 0.6) is 0 Å². The first kappa shape index (κ1) is 12.8. The SMILES string of the molecule is CC(=O)OC1N(C)C=CN1C(=O)C1OCOCO1. The van der Waals surface area contributed by atoms with Crippen molar-refractivity contribution in [1.82, 2.24) is 9.80 Å². The van der Waals surface area contributed by atoms with Gasteiger partial charge in [0, 0.05) is 26.4 Å². The molecule has 1 atom stereocenters. The Hall–Kier alpha value is -1.64. The van der Waals surface area contributed by atoms with Gasteiger partial charge < -0.3 is 23.8 Å². The van der Waals surface area contributed by atoms with E-state index in [0.29, 0.717) is 0 Å². The van der Waals surface area contributed by atoms with Crippen LogP contribution in [-0.2, 0) is 28.5 Å². The Bertz CT molecular complexity index is 365. The Labute approximate surface area is 104 Å². The van der Waals surface area contributed by atoms with Gasteiger partial charge >= 0.3 is 5.97 Å². The summed E-state index contributed by atoms with van der Waals surface area (Å²) in [5.74, 6) is -0.938. The van der Waals surface area contributed by atoms with Crippen molar-refractivity contribution in [3.63, 3.8) is 0 Å². The van der Waals surface area contributed by atoms with Crippen molar-refractivity contribution in [3.05, 3.63) is 12.4 Å². The number of nitrogens with zero attached hydrogens (tertiary/aromatic N) is 2. The van der Waals surface area contributed by atoms with E-state index in [2.05, 4.69) is 0 Å². The van der Waals surface area contributed by atoms with Crippen molar-refractivity contribution in [2.24, 2.45) is 0 Å². The second-order valence-corrected chi connectivity index (χ2v) is 3.75. The number of amides is 1. The van der Waals surface area contributed by atoms with Crippen molar-refractivity contribution in [3.8, 4) is 0 Å². The first-order valence-corrected chi connectivity index (χ1v) is 5.30. The fraction of sp³-hybridized carbons (Fsp3) is 0.600. The van der Waals surface area contributed by atoms with Crippen LogP contribution < -0.4 is 0 Å². The number of hydrogen-bond acceptors (Lipinski definition) is 7. The van der Waals surface area contributed by atoms with Gasteiger partial charge in [0.25, 0.3) is 12.3 Å². The van der Waals surface area contributed by atoms with E-state index in [0.717, 1.165) is 0 Å². The van der Waals surface area contributed by atoms with Crippen molar-refractivity contribution >= 4 is 11.9 Å². The third kappa shape index (κ3) is 2.61. The van der Waals surface area contributed by atoms with Crippen molar-refractivity contribution in [2.75, 3.05) is 20.6 Å². The zero-order valence-corrected chi connectivity index (χ0v) is 10.1. The van der Waals surface area contributed by atoms with E-state index in [1.807, 2.05) is 0 Å². The standard InChI is InChI=1S/C10H14N2O6/c1-7(13)18-10-11(2)3-4-12(10)8(14)9-16-5-15-6-17-9/h3-4,9-10H,5-6H2,1-2H3. The van der Waals surface area contributed by atoms with Gasteiger partial charge in [0.05, 0.1) is 0 Å². The maximum Gasteiger partial charge on any atom is 0.305 e. The highest BCUT2D eigenvalue weighted by Crippen LogP contribution is 2.18. The highest BCUT2D eigenvalue weighted by molar-refractivity contribution is 5.81. The second-order valence-electron chi connectivity index (χ2n) is 3.75. The molecule has 1 fully saturated rings. The summed E-state index contributed by atoms with van der Waals surface area (Å²) >= 11 is 0. The summed E-state index contributed by atoms with van der Waals surface area (Å²) in [6, 6.07) is 0. The molecule has 100 valence electrons. The summed E-state index contributed by atoms with van der Waals surface area (Å²) in [6.07, 6.45) is 1.25. The Balaban J connectivity index is 2.03. The van der Waals surface area contributed by atoms with E-state index in [1.54, 1.807) is 18.1 Å². The van der Waals surface area contributed by atoms with E-state index in [1.165, 1.54) is 18.0 Å². The van der Waals surface area contributed by atoms with Crippen LogP contribution in [0.2, 0.25) is 0 Å². The molecule has 8 nitrogen and oxygen atoms in total. The molecule has 0 saturated carbocycles. The van der Waals surface area contributed by atoms with E-state index < -0.39 is 24.5 Å². The number of hydrogen-bond donors (Lipinski definition) is 0. The van der Waals surface area contributed by atoms with Crippen molar-refractivity contribution in [1.29, 1.82) is 0 Å². The maximum absolute atomic E-state index is 12.1. The lowest BCUT2D eigenvalue weighted by atomic mass is 10.5. The largest absolute Gasteiger partial charge is 0.422 e. The molecule has 0 aromatic rings. The zero-order valence-electron chi connectivity index (χ0n) is 10.1. The predicted molar refractivity (Wildman–Crippen MR) is 56.1 cm³/mol. The molecule has 2 aliphatic rings.